The van der Waals surface area contributed by atoms with Crippen LogP contribution in [0.25, 0.3) is 6.08 Å². The molecule has 3 rings (SSSR count). The predicted octanol–water partition coefficient (Wildman–Crippen LogP) is 1.02. The van der Waals surface area contributed by atoms with E-state index in [0.29, 0.717) is 22.8 Å². The van der Waals surface area contributed by atoms with Gasteiger partial charge in [-0.3, -0.25) is 4.79 Å². The highest BCUT2D eigenvalue weighted by Gasteiger charge is 2.31. The summed E-state index contributed by atoms with van der Waals surface area (Å²) < 4.78 is 10.5. The quantitative estimate of drug-likeness (QED) is 0.845. The largest absolute Gasteiger partial charge is 0.493 e. The topological polar surface area (TPSA) is 106 Å². The number of nitrogens with zero attached hydrogens (tertiary/aromatic N) is 5. The highest BCUT2D eigenvalue weighted by atomic mass is 16.5. The molecular formula is C14H14N6O3. The van der Waals surface area contributed by atoms with E-state index in [1.807, 2.05) is 6.07 Å². The second-order valence-corrected chi connectivity index (χ2v) is 4.69. The van der Waals surface area contributed by atoms with E-state index in [1.54, 1.807) is 39.4 Å². The molecule has 1 amide bonds. The van der Waals surface area contributed by atoms with Crippen molar-refractivity contribution in [2.24, 2.45) is 5.10 Å². The van der Waals surface area contributed by atoms with E-state index in [2.05, 4.69) is 25.7 Å². The van der Waals surface area contributed by atoms with Gasteiger partial charge in [0, 0.05) is 0 Å². The second-order valence-electron chi connectivity index (χ2n) is 4.69. The Morgan fingerprint density at radius 2 is 2.00 bits per heavy atom. The van der Waals surface area contributed by atoms with Gasteiger partial charge in [0.25, 0.3) is 11.9 Å². The van der Waals surface area contributed by atoms with Gasteiger partial charge in [-0.1, -0.05) is 11.2 Å². The fourth-order valence-corrected chi connectivity index (χ4v) is 2.18. The lowest BCUT2D eigenvalue weighted by molar-refractivity contribution is -0.114. The average Bonchev–Trinajstić information content (AvgIpc) is 3.18. The first kappa shape index (κ1) is 14.7. The van der Waals surface area contributed by atoms with Gasteiger partial charge in [0.1, 0.15) is 0 Å². The summed E-state index contributed by atoms with van der Waals surface area (Å²) in [7, 11) is 3.12. The SMILES string of the molecule is COc1ccc(/C=C2/C(=O)N(c3nn[nH]n3)N=C2C)cc1OC. The first-order valence-electron chi connectivity index (χ1n) is 6.71. The Bertz CT molecular complexity index is 797. The van der Waals surface area contributed by atoms with Gasteiger partial charge >= 0.3 is 0 Å². The summed E-state index contributed by atoms with van der Waals surface area (Å²) in [5, 5.41) is 18.5. The third-order valence-corrected chi connectivity index (χ3v) is 3.30. The maximum atomic E-state index is 12.5. The van der Waals surface area contributed by atoms with Crippen LogP contribution in [0.4, 0.5) is 5.95 Å². The number of nitrogens with one attached hydrogen (secondary N) is 1. The lowest BCUT2D eigenvalue weighted by Crippen LogP contribution is -2.22. The fourth-order valence-electron chi connectivity index (χ4n) is 2.18. The summed E-state index contributed by atoms with van der Waals surface area (Å²) in [5.41, 5.74) is 1.80. The summed E-state index contributed by atoms with van der Waals surface area (Å²) in [6, 6.07) is 5.38. The third-order valence-electron chi connectivity index (χ3n) is 3.30. The number of tetrazole rings is 1. The van der Waals surface area contributed by atoms with Crippen LogP contribution >= 0.6 is 0 Å². The van der Waals surface area contributed by atoms with Crippen LogP contribution in [0.3, 0.4) is 0 Å². The Morgan fingerprint density at radius 1 is 1.22 bits per heavy atom. The zero-order chi connectivity index (χ0) is 16.4. The number of hydrazone groups is 1. The molecule has 0 radical (unpaired) electrons. The number of amides is 1. The molecule has 9 heteroatoms. The molecule has 9 nitrogen and oxygen atoms in total. The predicted molar refractivity (Wildman–Crippen MR) is 82.3 cm³/mol. The highest BCUT2D eigenvalue weighted by Crippen LogP contribution is 2.29. The number of ether oxygens (including phenoxy) is 2. The molecule has 1 N–H and O–H groups in total. The number of hydrogen-bond acceptors (Lipinski definition) is 7. The Hall–Kier alpha value is -3.23. The molecule has 1 aliphatic heterocycles. The molecule has 0 saturated carbocycles. The van der Waals surface area contributed by atoms with Crippen LogP contribution in [0.5, 0.6) is 11.5 Å². The second kappa shape index (κ2) is 5.87. The van der Waals surface area contributed by atoms with E-state index in [1.165, 1.54) is 0 Å². The molecule has 1 aliphatic rings. The number of aromatic nitrogens is 4. The molecule has 0 fully saturated rings. The Labute approximate surface area is 131 Å². The number of rotatable bonds is 4. The number of hydrogen-bond donors (Lipinski definition) is 1. The molecule has 1 aromatic heterocycles. The zero-order valence-electron chi connectivity index (χ0n) is 12.8. The normalized spacial score (nSPS) is 16.0. The minimum atomic E-state index is -0.321. The van der Waals surface area contributed by atoms with Gasteiger partial charge in [0.2, 0.25) is 0 Å². The number of aromatic amines is 1. The molecule has 0 aliphatic carbocycles. The number of anilines is 1. The molecule has 0 unspecified atom stereocenters. The lowest BCUT2D eigenvalue weighted by Gasteiger charge is -2.08. The van der Waals surface area contributed by atoms with Crippen LogP contribution in [0, 0.1) is 0 Å². The molecule has 2 heterocycles. The number of carbonyl (C=O) groups excluding carboxylic acids is 1. The van der Waals surface area contributed by atoms with Crippen molar-refractivity contribution in [2.75, 3.05) is 19.2 Å². The molecule has 0 bridgehead atoms. The van der Waals surface area contributed by atoms with Crippen LogP contribution in [-0.2, 0) is 4.79 Å². The highest BCUT2D eigenvalue weighted by molar-refractivity contribution is 6.31. The smallest absolute Gasteiger partial charge is 0.293 e. The van der Waals surface area contributed by atoms with E-state index >= 15 is 0 Å². The van der Waals surface area contributed by atoms with Crippen molar-refractivity contribution in [1.82, 2.24) is 20.6 Å². The zero-order valence-corrected chi connectivity index (χ0v) is 12.8. The van der Waals surface area contributed by atoms with Crippen molar-refractivity contribution in [1.29, 1.82) is 0 Å². The molecule has 0 atom stereocenters. The Kier molecular flexibility index (Phi) is 3.75. The molecule has 0 spiro atoms. The van der Waals surface area contributed by atoms with E-state index in [4.69, 9.17) is 9.47 Å². The summed E-state index contributed by atoms with van der Waals surface area (Å²) in [4.78, 5) is 12.5. The first-order chi connectivity index (χ1) is 11.1. The molecule has 23 heavy (non-hydrogen) atoms. The van der Waals surface area contributed by atoms with Gasteiger partial charge in [-0.05, 0) is 35.9 Å². The van der Waals surface area contributed by atoms with Crippen LogP contribution in [-0.4, -0.2) is 46.5 Å². The van der Waals surface area contributed by atoms with Gasteiger partial charge in [0.15, 0.2) is 11.5 Å². The number of carbonyl (C=O) groups is 1. The van der Waals surface area contributed by atoms with Gasteiger partial charge in [0.05, 0.1) is 25.5 Å². The van der Waals surface area contributed by atoms with Crippen LogP contribution in [0.15, 0.2) is 28.9 Å². The lowest BCUT2D eigenvalue weighted by atomic mass is 10.1. The minimum Gasteiger partial charge on any atom is -0.493 e. The summed E-state index contributed by atoms with van der Waals surface area (Å²) in [6.45, 7) is 1.74. The van der Waals surface area contributed by atoms with E-state index < -0.39 is 0 Å². The summed E-state index contributed by atoms with van der Waals surface area (Å²) in [5.74, 6) is 0.979. The summed E-state index contributed by atoms with van der Waals surface area (Å²) in [6.07, 6.45) is 1.73. The van der Waals surface area contributed by atoms with Crippen LogP contribution in [0.2, 0.25) is 0 Å². The van der Waals surface area contributed by atoms with Gasteiger partial charge < -0.3 is 9.47 Å². The van der Waals surface area contributed by atoms with Crippen molar-refractivity contribution >= 4 is 23.6 Å². The first-order valence-corrected chi connectivity index (χ1v) is 6.71. The van der Waals surface area contributed by atoms with Gasteiger partial charge in [-0.2, -0.15) is 15.3 Å². The minimum absolute atomic E-state index is 0.102. The maximum Gasteiger partial charge on any atom is 0.293 e. The summed E-state index contributed by atoms with van der Waals surface area (Å²) >= 11 is 0. The van der Waals surface area contributed by atoms with Crippen LogP contribution < -0.4 is 14.5 Å². The fraction of sp³-hybridized carbons (Fsp3) is 0.214. The molecule has 2 aromatic rings. The van der Waals surface area contributed by atoms with Crippen molar-refractivity contribution < 1.29 is 14.3 Å². The average molecular weight is 314 g/mol. The molecule has 0 saturated heterocycles. The molecular weight excluding hydrogens is 300 g/mol. The number of H-pyrrole nitrogens is 1. The van der Waals surface area contributed by atoms with Gasteiger partial charge in [-0.25, -0.2) is 0 Å². The molecule has 118 valence electrons. The number of benzene rings is 1. The van der Waals surface area contributed by atoms with Crippen molar-refractivity contribution in [3.63, 3.8) is 0 Å². The van der Waals surface area contributed by atoms with E-state index in [9.17, 15) is 4.79 Å². The van der Waals surface area contributed by atoms with E-state index in [0.717, 1.165) is 10.6 Å². The van der Waals surface area contributed by atoms with Crippen molar-refractivity contribution in [2.45, 2.75) is 6.92 Å². The van der Waals surface area contributed by atoms with Crippen molar-refractivity contribution in [3.05, 3.63) is 29.3 Å². The maximum absolute atomic E-state index is 12.5. The van der Waals surface area contributed by atoms with E-state index in [-0.39, 0.29) is 11.9 Å². The van der Waals surface area contributed by atoms with Crippen molar-refractivity contribution in [3.8, 4) is 11.5 Å². The number of methoxy groups -OCH3 is 2. The third kappa shape index (κ3) is 2.63. The van der Waals surface area contributed by atoms with Crippen LogP contribution in [0.1, 0.15) is 12.5 Å². The standard InChI is InChI=1S/C14H14N6O3/c1-8-10(13(21)20(17-8)14-15-18-19-16-14)6-9-4-5-11(22-2)12(7-9)23-3/h4-7H,1-3H3,(H,15,16,18,19)/b10-6+. The van der Waals surface area contributed by atoms with Gasteiger partial charge in [-0.15, -0.1) is 5.10 Å². The molecule has 1 aromatic carbocycles. The Balaban J connectivity index is 1.94. The Morgan fingerprint density at radius 3 is 2.65 bits per heavy atom. The monoisotopic (exact) mass is 314 g/mol.